The molecule has 7 nitrogen and oxygen atoms in total. The second-order valence-electron chi connectivity index (χ2n) is 6.16. The highest BCUT2D eigenvalue weighted by molar-refractivity contribution is 7.14. The molecule has 0 saturated carbocycles. The van der Waals surface area contributed by atoms with E-state index in [-0.39, 0.29) is 11.7 Å². The molecule has 2 heterocycles. The topological polar surface area (TPSA) is 96.5 Å². The molecule has 8 heteroatoms. The largest absolute Gasteiger partial charge is 0.300 e. The first-order chi connectivity index (χ1) is 13.1. The molecule has 0 spiro atoms. The van der Waals surface area contributed by atoms with Crippen LogP contribution in [0.4, 0.5) is 5.13 Å². The summed E-state index contributed by atoms with van der Waals surface area (Å²) in [6.07, 6.45) is 4.83. The number of thiazole rings is 1. The Labute approximate surface area is 161 Å². The van der Waals surface area contributed by atoms with E-state index in [1.54, 1.807) is 6.92 Å². The number of nitrogens with zero attached hydrogens (tertiary/aromatic N) is 5. The second-order valence-corrected chi connectivity index (χ2v) is 7.02. The lowest BCUT2D eigenvalue weighted by Gasteiger charge is -2.09. The van der Waals surface area contributed by atoms with Crippen molar-refractivity contribution in [1.82, 2.24) is 19.7 Å². The van der Waals surface area contributed by atoms with Gasteiger partial charge in [-0.2, -0.15) is 5.26 Å². The second kappa shape index (κ2) is 8.56. The highest BCUT2D eigenvalue weighted by atomic mass is 32.1. The number of aryl methyl sites for hydroxylation is 1. The van der Waals surface area contributed by atoms with Crippen molar-refractivity contribution in [2.24, 2.45) is 0 Å². The predicted molar refractivity (Wildman–Crippen MR) is 104 cm³/mol. The van der Waals surface area contributed by atoms with Gasteiger partial charge in [-0.05, 0) is 25.3 Å². The maximum absolute atomic E-state index is 12.4. The minimum atomic E-state index is -0.593. The lowest BCUT2D eigenvalue weighted by molar-refractivity contribution is -0.119. The fourth-order valence-corrected chi connectivity index (χ4v) is 3.25. The molecule has 0 saturated heterocycles. The molecular weight excluding hydrogens is 360 g/mol. The molecule has 0 fully saturated rings. The third-order valence-corrected chi connectivity index (χ3v) is 4.95. The molecule has 1 unspecified atom stereocenters. The Morgan fingerprint density at radius 3 is 2.81 bits per heavy atom. The van der Waals surface area contributed by atoms with E-state index in [0.717, 1.165) is 17.7 Å². The van der Waals surface area contributed by atoms with Crippen LogP contribution in [0.5, 0.6) is 0 Å². The van der Waals surface area contributed by atoms with E-state index >= 15 is 0 Å². The minimum absolute atomic E-state index is 0.0357. The van der Waals surface area contributed by atoms with Crippen molar-refractivity contribution in [1.29, 1.82) is 5.26 Å². The van der Waals surface area contributed by atoms with Crippen molar-refractivity contribution < 1.29 is 4.79 Å². The molecule has 3 aromatic rings. The van der Waals surface area contributed by atoms with E-state index in [1.165, 1.54) is 40.8 Å². The van der Waals surface area contributed by atoms with E-state index in [1.807, 2.05) is 11.4 Å². The SMILES string of the molecule is CCCCc1ccc(-c2csc(NC(=O)C(C)n3cnc(C#N)n3)n2)cc1. The zero-order valence-electron chi connectivity index (χ0n) is 15.2. The normalized spacial score (nSPS) is 11.7. The summed E-state index contributed by atoms with van der Waals surface area (Å²) in [6.45, 7) is 3.88. The molecule has 0 radical (unpaired) electrons. The Bertz CT molecular complexity index is 953. The van der Waals surface area contributed by atoms with E-state index < -0.39 is 6.04 Å². The van der Waals surface area contributed by atoms with Gasteiger partial charge in [0.05, 0.1) is 5.69 Å². The average Bonchev–Trinajstić information content (AvgIpc) is 3.35. The van der Waals surface area contributed by atoms with Crippen LogP contribution in [0, 0.1) is 11.3 Å². The summed E-state index contributed by atoms with van der Waals surface area (Å²) in [5.74, 6) is -0.228. The van der Waals surface area contributed by atoms with Gasteiger partial charge >= 0.3 is 0 Å². The van der Waals surface area contributed by atoms with E-state index in [4.69, 9.17) is 5.26 Å². The Morgan fingerprint density at radius 1 is 1.37 bits per heavy atom. The number of aromatic nitrogens is 4. The summed E-state index contributed by atoms with van der Waals surface area (Å²) in [5.41, 5.74) is 3.18. The number of nitriles is 1. The van der Waals surface area contributed by atoms with Crippen LogP contribution in [0.3, 0.4) is 0 Å². The third kappa shape index (κ3) is 4.57. The lowest BCUT2D eigenvalue weighted by atomic mass is 10.1. The van der Waals surface area contributed by atoms with Crippen molar-refractivity contribution in [2.45, 2.75) is 39.2 Å². The summed E-state index contributed by atoms with van der Waals surface area (Å²) in [7, 11) is 0. The molecule has 3 rings (SSSR count). The summed E-state index contributed by atoms with van der Waals surface area (Å²) in [6, 6.07) is 9.63. The van der Waals surface area contributed by atoms with Crippen molar-refractivity contribution in [3.63, 3.8) is 0 Å². The lowest BCUT2D eigenvalue weighted by Crippen LogP contribution is -2.24. The monoisotopic (exact) mass is 380 g/mol. The van der Waals surface area contributed by atoms with Crippen molar-refractivity contribution in [3.8, 4) is 17.3 Å². The van der Waals surface area contributed by atoms with Gasteiger partial charge in [-0.25, -0.2) is 14.6 Å². The molecule has 0 aliphatic rings. The number of rotatable bonds is 7. The summed E-state index contributed by atoms with van der Waals surface area (Å²) < 4.78 is 1.36. The number of anilines is 1. The molecular formula is C19H20N6OS. The number of hydrogen-bond acceptors (Lipinski definition) is 6. The number of carbonyl (C=O) groups excluding carboxylic acids is 1. The van der Waals surface area contributed by atoms with E-state index in [0.29, 0.717) is 5.13 Å². The van der Waals surface area contributed by atoms with Crippen LogP contribution in [0.25, 0.3) is 11.3 Å². The smallest absolute Gasteiger partial charge is 0.252 e. The standard InChI is InChI=1S/C19H20N6OS/c1-3-4-5-14-6-8-15(9-7-14)16-11-27-19(22-16)23-18(26)13(2)25-12-21-17(10-20)24-25/h6-9,11-13H,3-5H2,1-2H3,(H,22,23,26). The molecule has 2 aromatic heterocycles. The van der Waals surface area contributed by atoms with Crippen LogP contribution in [-0.4, -0.2) is 25.7 Å². The first-order valence-corrected chi connectivity index (χ1v) is 9.65. The zero-order valence-corrected chi connectivity index (χ0v) is 16.0. The molecule has 1 aromatic carbocycles. The highest BCUT2D eigenvalue weighted by Gasteiger charge is 2.18. The minimum Gasteiger partial charge on any atom is -0.300 e. The maximum atomic E-state index is 12.4. The van der Waals surface area contributed by atoms with Crippen LogP contribution in [0.1, 0.15) is 44.1 Å². The molecule has 1 amide bonds. The summed E-state index contributed by atoms with van der Waals surface area (Å²) in [4.78, 5) is 20.7. The fourth-order valence-electron chi connectivity index (χ4n) is 2.53. The Morgan fingerprint density at radius 2 is 2.15 bits per heavy atom. The summed E-state index contributed by atoms with van der Waals surface area (Å²) in [5, 5.41) is 18.0. The van der Waals surface area contributed by atoms with Gasteiger partial charge in [0.15, 0.2) is 5.13 Å². The third-order valence-electron chi connectivity index (χ3n) is 4.19. The van der Waals surface area contributed by atoms with E-state index in [2.05, 4.69) is 51.6 Å². The van der Waals surface area contributed by atoms with Gasteiger partial charge in [-0.1, -0.05) is 37.6 Å². The van der Waals surface area contributed by atoms with Crippen molar-refractivity contribution in [2.75, 3.05) is 5.32 Å². The number of nitrogens with one attached hydrogen (secondary N) is 1. The number of amides is 1. The number of hydrogen-bond donors (Lipinski definition) is 1. The van der Waals surface area contributed by atoms with Gasteiger partial charge in [-0.15, -0.1) is 16.4 Å². The fraction of sp³-hybridized carbons (Fsp3) is 0.316. The molecule has 1 atom stereocenters. The van der Waals surface area contributed by atoms with Crippen LogP contribution < -0.4 is 5.32 Å². The Kier molecular flexibility index (Phi) is 5.94. The van der Waals surface area contributed by atoms with Crippen LogP contribution in [-0.2, 0) is 11.2 Å². The molecule has 0 aliphatic heterocycles. The van der Waals surface area contributed by atoms with Gasteiger partial charge in [0, 0.05) is 10.9 Å². The van der Waals surface area contributed by atoms with Gasteiger partial charge in [0.1, 0.15) is 18.4 Å². The van der Waals surface area contributed by atoms with Crippen molar-refractivity contribution in [3.05, 3.63) is 47.4 Å². The van der Waals surface area contributed by atoms with Gasteiger partial charge in [-0.3, -0.25) is 4.79 Å². The molecule has 1 N–H and O–H groups in total. The van der Waals surface area contributed by atoms with Gasteiger partial charge in [0.25, 0.3) is 11.7 Å². The van der Waals surface area contributed by atoms with Gasteiger partial charge < -0.3 is 5.32 Å². The quantitative estimate of drug-likeness (QED) is 0.672. The summed E-state index contributed by atoms with van der Waals surface area (Å²) >= 11 is 1.37. The van der Waals surface area contributed by atoms with Crippen LogP contribution in [0.15, 0.2) is 36.0 Å². The Balaban J connectivity index is 1.65. The first-order valence-electron chi connectivity index (χ1n) is 8.77. The predicted octanol–water partition coefficient (Wildman–Crippen LogP) is 3.82. The first kappa shape index (κ1) is 18.7. The van der Waals surface area contributed by atoms with Crippen LogP contribution >= 0.6 is 11.3 Å². The highest BCUT2D eigenvalue weighted by Crippen LogP contribution is 2.26. The van der Waals surface area contributed by atoms with Crippen molar-refractivity contribution >= 4 is 22.4 Å². The number of benzene rings is 1. The van der Waals surface area contributed by atoms with Crippen LogP contribution in [0.2, 0.25) is 0 Å². The molecule has 138 valence electrons. The molecule has 0 aliphatic carbocycles. The Hall–Kier alpha value is -3.05. The van der Waals surface area contributed by atoms with Gasteiger partial charge in [0.2, 0.25) is 0 Å². The average molecular weight is 380 g/mol. The molecule has 0 bridgehead atoms. The number of unbranched alkanes of at least 4 members (excludes halogenated alkanes) is 1. The maximum Gasteiger partial charge on any atom is 0.252 e. The molecule has 27 heavy (non-hydrogen) atoms. The number of carbonyl (C=O) groups is 1. The van der Waals surface area contributed by atoms with E-state index in [9.17, 15) is 4.79 Å². The zero-order chi connectivity index (χ0) is 19.2.